The Bertz CT molecular complexity index is 1010. The smallest absolute Gasteiger partial charge is 0.241 e. The summed E-state index contributed by atoms with van der Waals surface area (Å²) in [5, 5.41) is 5.22. The lowest BCUT2D eigenvalue weighted by atomic mass is 10.2. The van der Waals surface area contributed by atoms with Gasteiger partial charge in [-0.25, -0.2) is 12.8 Å². The third kappa shape index (κ3) is 7.34. The highest BCUT2D eigenvalue weighted by Crippen LogP contribution is 2.17. The molecule has 0 saturated carbocycles. The fourth-order valence-electron chi connectivity index (χ4n) is 2.84. The zero-order valence-electron chi connectivity index (χ0n) is 17.7. The minimum Gasteiger partial charge on any atom is -0.372 e. The molecule has 0 radical (unpaired) electrons. The van der Waals surface area contributed by atoms with Crippen LogP contribution < -0.4 is 20.3 Å². The van der Waals surface area contributed by atoms with Gasteiger partial charge in [0, 0.05) is 32.7 Å². The van der Waals surface area contributed by atoms with E-state index in [-0.39, 0.29) is 16.6 Å². The van der Waals surface area contributed by atoms with Crippen LogP contribution in [-0.2, 0) is 19.6 Å². The number of hydrogen-bond donors (Lipinski definition) is 3. The van der Waals surface area contributed by atoms with Crippen molar-refractivity contribution in [3.05, 3.63) is 54.3 Å². The molecule has 2 amide bonds. The van der Waals surface area contributed by atoms with Gasteiger partial charge in [-0.3, -0.25) is 9.59 Å². The van der Waals surface area contributed by atoms with Crippen LogP contribution >= 0.6 is 0 Å². The molecule has 0 saturated heterocycles. The summed E-state index contributed by atoms with van der Waals surface area (Å²) in [4.78, 5) is 25.0. The molecule has 0 aliphatic rings. The molecule has 2 rings (SSSR count). The molecule has 0 spiro atoms. The van der Waals surface area contributed by atoms with Crippen molar-refractivity contribution in [3.63, 3.8) is 0 Å². The van der Waals surface area contributed by atoms with Gasteiger partial charge < -0.3 is 15.5 Å². The molecular weight excluding hydrogens is 423 g/mol. The van der Waals surface area contributed by atoms with Crippen LogP contribution in [-0.4, -0.2) is 46.4 Å². The topological polar surface area (TPSA) is 108 Å². The van der Waals surface area contributed by atoms with E-state index in [1.54, 1.807) is 30.1 Å². The third-order valence-corrected chi connectivity index (χ3v) is 6.00. The first kappa shape index (κ1) is 24.3. The summed E-state index contributed by atoms with van der Waals surface area (Å²) in [5.74, 6) is -1.05. The summed E-state index contributed by atoms with van der Waals surface area (Å²) in [6.45, 7) is 3.63. The maximum absolute atomic E-state index is 13.8. The molecule has 168 valence electrons. The molecule has 0 aromatic heterocycles. The fraction of sp³-hybridized carbons (Fsp3) is 0.333. The van der Waals surface area contributed by atoms with Gasteiger partial charge in [0.2, 0.25) is 21.8 Å². The van der Waals surface area contributed by atoms with Gasteiger partial charge >= 0.3 is 0 Å². The number of rotatable bonds is 10. The Morgan fingerprint density at radius 3 is 2.35 bits per heavy atom. The van der Waals surface area contributed by atoms with Gasteiger partial charge in [-0.2, -0.15) is 4.72 Å². The standard InChI is InChI=1S/C21H27FN4O4S/c1-15(25-31(29,30)18-11-9-17(10-12-18)24-16(2)27)21(28)23-13-6-14-26(3)20-8-5-4-7-19(20)22/h4-5,7-12,15,25H,6,13-14H2,1-3H3,(H,23,28)(H,24,27)/t15-/m0/s1. The summed E-state index contributed by atoms with van der Waals surface area (Å²) in [7, 11) is -2.15. The predicted molar refractivity (Wildman–Crippen MR) is 118 cm³/mol. The number of nitrogens with one attached hydrogen (secondary N) is 3. The summed E-state index contributed by atoms with van der Waals surface area (Å²) in [6, 6.07) is 11.1. The maximum Gasteiger partial charge on any atom is 0.241 e. The molecule has 0 fully saturated rings. The van der Waals surface area contributed by atoms with Crippen molar-refractivity contribution in [1.29, 1.82) is 0 Å². The van der Waals surface area contributed by atoms with Crippen LogP contribution in [0.5, 0.6) is 0 Å². The quantitative estimate of drug-likeness (QED) is 0.481. The Kier molecular flexibility index (Phi) is 8.52. The monoisotopic (exact) mass is 450 g/mol. The van der Waals surface area contributed by atoms with Crippen molar-refractivity contribution >= 4 is 33.2 Å². The van der Waals surface area contributed by atoms with Gasteiger partial charge in [-0.15, -0.1) is 0 Å². The summed E-state index contributed by atoms with van der Waals surface area (Å²) in [6.07, 6.45) is 0.556. The number of para-hydroxylation sites is 1. The highest BCUT2D eigenvalue weighted by molar-refractivity contribution is 7.89. The van der Waals surface area contributed by atoms with Gasteiger partial charge in [-0.1, -0.05) is 12.1 Å². The number of nitrogens with zero attached hydrogens (tertiary/aromatic N) is 1. The van der Waals surface area contributed by atoms with Crippen molar-refractivity contribution in [2.75, 3.05) is 30.4 Å². The first-order chi connectivity index (χ1) is 14.6. The average molecular weight is 451 g/mol. The Labute approximate surface area is 181 Å². The van der Waals surface area contributed by atoms with Crippen LogP contribution in [0.1, 0.15) is 20.3 Å². The van der Waals surface area contributed by atoms with E-state index in [1.165, 1.54) is 44.2 Å². The fourth-order valence-corrected chi connectivity index (χ4v) is 4.04. The van der Waals surface area contributed by atoms with E-state index in [2.05, 4.69) is 15.4 Å². The maximum atomic E-state index is 13.8. The number of benzene rings is 2. The first-order valence-corrected chi connectivity index (χ1v) is 11.2. The molecule has 0 aliphatic carbocycles. The van der Waals surface area contributed by atoms with Gasteiger partial charge in [0.25, 0.3) is 0 Å². The van der Waals surface area contributed by atoms with E-state index < -0.39 is 22.0 Å². The Morgan fingerprint density at radius 2 is 1.74 bits per heavy atom. The minimum absolute atomic E-state index is 0.0206. The molecule has 2 aromatic carbocycles. The number of amides is 2. The summed E-state index contributed by atoms with van der Waals surface area (Å²) < 4.78 is 41.0. The first-order valence-electron chi connectivity index (χ1n) is 9.73. The van der Waals surface area contributed by atoms with E-state index >= 15 is 0 Å². The molecule has 0 heterocycles. The van der Waals surface area contributed by atoms with Crippen molar-refractivity contribution in [2.45, 2.75) is 31.2 Å². The Morgan fingerprint density at radius 1 is 1.10 bits per heavy atom. The van der Waals surface area contributed by atoms with Crippen LogP contribution in [0.2, 0.25) is 0 Å². The molecule has 8 nitrogen and oxygen atoms in total. The molecular formula is C21H27FN4O4S. The third-order valence-electron chi connectivity index (χ3n) is 4.44. The molecule has 3 N–H and O–H groups in total. The number of anilines is 2. The average Bonchev–Trinajstić information content (AvgIpc) is 2.70. The van der Waals surface area contributed by atoms with E-state index in [9.17, 15) is 22.4 Å². The van der Waals surface area contributed by atoms with Crippen molar-refractivity contribution in [1.82, 2.24) is 10.0 Å². The summed E-state index contributed by atoms with van der Waals surface area (Å²) >= 11 is 0. The number of carbonyl (C=O) groups excluding carboxylic acids is 2. The largest absolute Gasteiger partial charge is 0.372 e. The lowest BCUT2D eigenvalue weighted by Gasteiger charge is -2.20. The van der Waals surface area contributed by atoms with Crippen LogP contribution in [0, 0.1) is 5.82 Å². The van der Waals surface area contributed by atoms with Crippen LogP contribution in [0.25, 0.3) is 0 Å². The van der Waals surface area contributed by atoms with E-state index in [0.29, 0.717) is 30.9 Å². The Balaban J connectivity index is 1.82. The molecule has 1 atom stereocenters. The lowest BCUT2D eigenvalue weighted by molar-refractivity contribution is -0.122. The van der Waals surface area contributed by atoms with E-state index in [1.807, 2.05) is 0 Å². The van der Waals surface area contributed by atoms with E-state index in [4.69, 9.17) is 0 Å². The van der Waals surface area contributed by atoms with Gasteiger partial charge in [0.05, 0.1) is 16.6 Å². The number of hydrogen-bond acceptors (Lipinski definition) is 5. The van der Waals surface area contributed by atoms with Crippen LogP contribution in [0.15, 0.2) is 53.4 Å². The van der Waals surface area contributed by atoms with Crippen molar-refractivity contribution in [3.8, 4) is 0 Å². The molecule has 0 aliphatic heterocycles. The van der Waals surface area contributed by atoms with Crippen molar-refractivity contribution < 1.29 is 22.4 Å². The Hall–Kier alpha value is -2.98. The zero-order valence-corrected chi connectivity index (χ0v) is 18.5. The molecule has 10 heteroatoms. The molecule has 31 heavy (non-hydrogen) atoms. The summed E-state index contributed by atoms with van der Waals surface area (Å²) in [5.41, 5.74) is 0.942. The normalized spacial score (nSPS) is 12.1. The van der Waals surface area contributed by atoms with Crippen LogP contribution in [0.3, 0.4) is 0 Å². The second-order valence-electron chi connectivity index (χ2n) is 7.07. The molecule has 2 aromatic rings. The van der Waals surface area contributed by atoms with Gasteiger partial charge in [0.1, 0.15) is 5.82 Å². The highest BCUT2D eigenvalue weighted by Gasteiger charge is 2.22. The lowest BCUT2D eigenvalue weighted by Crippen LogP contribution is -2.45. The number of sulfonamides is 1. The highest BCUT2D eigenvalue weighted by atomic mass is 32.2. The van der Waals surface area contributed by atoms with E-state index in [0.717, 1.165) is 0 Å². The second-order valence-corrected chi connectivity index (χ2v) is 8.78. The van der Waals surface area contributed by atoms with Gasteiger partial charge in [0.15, 0.2) is 0 Å². The van der Waals surface area contributed by atoms with Gasteiger partial charge in [-0.05, 0) is 49.7 Å². The molecule has 0 unspecified atom stereocenters. The number of halogens is 1. The minimum atomic E-state index is -3.91. The zero-order chi connectivity index (χ0) is 23.0. The van der Waals surface area contributed by atoms with Crippen LogP contribution in [0.4, 0.5) is 15.8 Å². The number of carbonyl (C=O) groups is 2. The van der Waals surface area contributed by atoms with Crippen molar-refractivity contribution in [2.24, 2.45) is 0 Å². The molecule has 0 bridgehead atoms. The predicted octanol–water partition coefficient (Wildman–Crippen LogP) is 2.09. The second kappa shape index (κ2) is 10.9. The SMILES string of the molecule is CC(=O)Nc1ccc(S(=O)(=O)N[C@@H](C)C(=O)NCCCN(C)c2ccccc2F)cc1.